The van der Waals surface area contributed by atoms with Crippen LogP contribution in [0.25, 0.3) is 0 Å². The number of aliphatic hydroxyl groups is 1. The van der Waals surface area contributed by atoms with Crippen LogP contribution in [0, 0.1) is 23.7 Å². The first kappa shape index (κ1) is 12.9. The van der Waals surface area contributed by atoms with Crippen LogP contribution in [-0.4, -0.2) is 23.8 Å². The Hall–Kier alpha value is -0.570. The molecule has 0 unspecified atom stereocenters. The molecule has 1 aliphatic carbocycles. The molecule has 0 aromatic carbocycles. The van der Waals surface area contributed by atoms with E-state index in [0.717, 1.165) is 0 Å². The monoisotopic (exact) mass is 240 g/mol. The number of aliphatic hydroxyl groups excluding tert-OH is 1. The molecule has 0 bridgehead atoms. The quantitative estimate of drug-likeness (QED) is 0.770. The summed E-state index contributed by atoms with van der Waals surface area (Å²) in [6, 6.07) is 0. The third-order valence-corrected chi connectivity index (χ3v) is 4.48. The van der Waals surface area contributed by atoms with Crippen molar-refractivity contribution in [2.45, 2.75) is 52.1 Å². The zero-order chi connectivity index (χ0) is 12.4. The minimum Gasteiger partial charge on any atom is -0.459 e. The average molecular weight is 240 g/mol. The molecule has 3 atom stereocenters. The van der Waals surface area contributed by atoms with E-state index in [1.165, 1.54) is 32.1 Å². The van der Waals surface area contributed by atoms with Crippen molar-refractivity contribution in [2.75, 3.05) is 6.61 Å². The number of hydrogen-bond acceptors (Lipinski definition) is 3. The summed E-state index contributed by atoms with van der Waals surface area (Å²) in [5.41, 5.74) is 0. The van der Waals surface area contributed by atoms with Crippen LogP contribution >= 0.6 is 0 Å². The summed E-state index contributed by atoms with van der Waals surface area (Å²) in [4.78, 5) is 11.9. The molecule has 0 aromatic rings. The molecule has 1 heterocycles. The zero-order valence-corrected chi connectivity index (χ0v) is 10.9. The lowest BCUT2D eigenvalue weighted by atomic mass is 9.70. The van der Waals surface area contributed by atoms with Gasteiger partial charge in [-0.1, -0.05) is 46.0 Å². The first-order valence-electron chi connectivity index (χ1n) is 6.96. The van der Waals surface area contributed by atoms with Gasteiger partial charge in [0, 0.05) is 5.92 Å². The molecule has 3 heteroatoms. The summed E-state index contributed by atoms with van der Waals surface area (Å²) in [6.07, 6.45) is 5.98. The Morgan fingerprint density at radius 2 is 1.94 bits per heavy atom. The highest BCUT2D eigenvalue weighted by Gasteiger charge is 2.48. The van der Waals surface area contributed by atoms with E-state index in [-0.39, 0.29) is 30.5 Å². The van der Waals surface area contributed by atoms with Crippen molar-refractivity contribution in [1.29, 1.82) is 0 Å². The van der Waals surface area contributed by atoms with Crippen LogP contribution in [0.4, 0.5) is 0 Å². The number of carbonyl (C=O) groups is 1. The third kappa shape index (κ3) is 2.49. The molecule has 1 N–H and O–H groups in total. The molecule has 0 aromatic heterocycles. The summed E-state index contributed by atoms with van der Waals surface area (Å²) < 4.78 is 5.36. The van der Waals surface area contributed by atoms with Crippen LogP contribution in [0.5, 0.6) is 0 Å². The highest BCUT2D eigenvalue weighted by atomic mass is 16.6. The first-order chi connectivity index (χ1) is 8.15. The van der Waals surface area contributed by atoms with E-state index in [1.807, 2.05) is 0 Å². The summed E-state index contributed by atoms with van der Waals surface area (Å²) in [5, 5.41) is 9.41. The fourth-order valence-electron chi connectivity index (χ4n) is 3.69. The van der Waals surface area contributed by atoms with Gasteiger partial charge in [-0.2, -0.15) is 0 Å². The predicted molar refractivity (Wildman–Crippen MR) is 65.4 cm³/mol. The average Bonchev–Trinajstić information content (AvgIpc) is 2.67. The predicted octanol–water partition coefficient (Wildman–Crippen LogP) is 2.37. The largest absolute Gasteiger partial charge is 0.459 e. The van der Waals surface area contributed by atoms with Crippen molar-refractivity contribution >= 4 is 5.97 Å². The molecular weight excluding hydrogens is 216 g/mol. The standard InChI is InChI=1S/C14H24O3/c1-9(2)12-13(10-6-4-3-5-7-10)11(8-15)17-14(12)16/h9-13,15H,3-8H2,1-2H3/t11-,12+,13-/m1/s1. The molecule has 0 spiro atoms. The van der Waals surface area contributed by atoms with Crippen LogP contribution < -0.4 is 0 Å². The van der Waals surface area contributed by atoms with Gasteiger partial charge in [0.2, 0.25) is 0 Å². The number of ether oxygens (including phenoxy) is 1. The molecule has 1 aliphatic heterocycles. The lowest BCUT2D eigenvalue weighted by Crippen LogP contribution is -2.34. The SMILES string of the molecule is CC(C)[C@@H]1C(=O)O[C@H](CO)[C@H]1C1CCCCC1. The Morgan fingerprint density at radius 3 is 2.47 bits per heavy atom. The Kier molecular flexibility index (Phi) is 4.08. The zero-order valence-electron chi connectivity index (χ0n) is 10.9. The van der Waals surface area contributed by atoms with Crippen molar-refractivity contribution in [2.24, 2.45) is 23.7 Å². The summed E-state index contributed by atoms with van der Waals surface area (Å²) in [5.74, 6) is 1.03. The number of cyclic esters (lactones) is 1. The molecule has 2 rings (SSSR count). The maximum Gasteiger partial charge on any atom is 0.309 e. The Bertz CT molecular complexity index is 269. The molecular formula is C14H24O3. The smallest absolute Gasteiger partial charge is 0.309 e. The van der Waals surface area contributed by atoms with Gasteiger partial charge >= 0.3 is 5.97 Å². The molecule has 98 valence electrons. The fraction of sp³-hybridized carbons (Fsp3) is 0.929. The fourth-order valence-corrected chi connectivity index (χ4v) is 3.69. The molecule has 17 heavy (non-hydrogen) atoms. The Labute approximate surface area is 104 Å². The molecule has 0 radical (unpaired) electrons. The second-order valence-corrected chi connectivity index (χ2v) is 5.90. The van der Waals surface area contributed by atoms with E-state index < -0.39 is 0 Å². The van der Waals surface area contributed by atoms with Gasteiger partial charge in [-0.15, -0.1) is 0 Å². The van der Waals surface area contributed by atoms with Gasteiger partial charge in [-0.05, 0) is 11.8 Å². The molecule has 1 saturated heterocycles. The van der Waals surface area contributed by atoms with Gasteiger partial charge in [0.1, 0.15) is 6.10 Å². The second kappa shape index (κ2) is 5.38. The first-order valence-corrected chi connectivity index (χ1v) is 6.96. The highest BCUT2D eigenvalue weighted by Crippen LogP contribution is 2.43. The third-order valence-electron chi connectivity index (χ3n) is 4.48. The Balaban J connectivity index is 2.15. The van der Waals surface area contributed by atoms with Crippen molar-refractivity contribution in [3.63, 3.8) is 0 Å². The maximum absolute atomic E-state index is 11.9. The van der Waals surface area contributed by atoms with Gasteiger partial charge in [0.05, 0.1) is 12.5 Å². The van der Waals surface area contributed by atoms with Gasteiger partial charge in [0.15, 0.2) is 0 Å². The number of carbonyl (C=O) groups excluding carboxylic acids is 1. The van der Waals surface area contributed by atoms with E-state index in [0.29, 0.717) is 11.8 Å². The number of hydrogen-bond donors (Lipinski definition) is 1. The number of rotatable bonds is 3. The topological polar surface area (TPSA) is 46.5 Å². The minimum atomic E-state index is -0.252. The van der Waals surface area contributed by atoms with E-state index in [2.05, 4.69) is 13.8 Å². The normalized spacial score (nSPS) is 35.3. The molecule has 2 fully saturated rings. The minimum absolute atomic E-state index is 0.00440. The van der Waals surface area contributed by atoms with Crippen LogP contribution in [0.15, 0.2) is 0 Å². The molecule has 1 saturated carbocycles. The lowest BCUT2D eigenvalue weighted by molar-refractivity contribution is -0.146. The van der Waals surface area contributed by atoms with E-state index >= 15 is 0 Å². The van der Waals surface area contributed by atoms with Crippen molar-refractivity contribution < 1.29 is 14.6 Å². The Morgan fingerprint density at radius 1 is 1.29 bits per heavy atom. The van der Waals surface area contributed by atoms with Gasteiger partial charge in [-0.3, -0.25) is 4.79 Å². The van der Waals surface area contributed by atoms with Gasteiger partial charge in [0.25, 0.3) is 0 Å². The molecule has 0 amide bonds. The van der Waals surface area contributed by atoms with Crippen molar-refractivity contribution in [1.82, 2.24) is 0 Å². The van der Waals surface area contributed by atoms with Crippen LogP contribution in [-0.2, 0) is 9.53 Å². The van der Waals surface area contributed by atoms with Gasteiger partial charge in [-0.25, -0.2) is 0 Å². The molecule has 2 aliphatic rings. The van der Waals surface area contributed by atoms with Crippen molar-refractivity contribution in [3.8, 4) is 0 Å². The molecule has 3 nitrogen and oxygen atoms in total. The second-order valence-electron chi connectivity index (χ2n) is 5.90. The summed E-state index contributed by atoms with van der Waals surface area (Å²) in [6.45, 7) is 4.15. The lowest BCUT2D eigenvalue weighted by Gasteiger charge is -2.33. The van der Waals surface area contributed by atoms with E-state index in [1.54, 1.807) is 0 Å². The highest BCUT2D eigenvalue weighted by molar-refractivity contribution is 5.75. The van der Waals surface area contributed by atoms with Gasteiger partial charge < -0.3 is 9.84 Å². The maximum atomic E-state index is 11.9. The van der Waals surface area contributed by atoms with E-state index in [9.17, 15) is 9.90 Å². The van der Waals surface area contributed by atoms with E-state index in [4.69, 9.17) is 4.74 Å². The summed E-state index contributed by atoms with van der Waals surface area (Å²) in [7, 11) is 0. The van der Waals surface area contributed by atoms with Crippen LogP contribution in [0.3, 0.4) is 0 Å². The van der Waals surface area contributed by atoms with Crippen LogP contribution in [0.1, 0.15) is 46.0 Å². The van der Waals surface area contributed by atoms with Crippen LogP contribution in [0.2, 0.25) is 0 Å². The van der Waals surface area contributed by atoms with Crippen molar-refractivity contribution in [3.05, 3.63) is 0 Å². The number of esters is 1. The summed E-state index contributed by atoms with van der Waals surface area (Å²) >= 11 is 0.